The van der Waals surface area contributed by atoms with E-state index in [1.165, 1.54) is 0 Å². The molecule has 0 aromatic heterocycles. The Morgan fingerprint density at radius 1 is 1.42 bits per heavy atom. The van der Waals surface area contributed by atoms with Crippen LogP contribution in [0.4, 0.5) is 5.69 Å². The predicted octanol–water partition coefficient (Wildman–Crippen LogP) is 3.57. The lowest BCUT2D eigenvalue weighted by Crippen LogP contribution is -2.42. The van der Waals surface area contributed by atoms with Crippen LogP contribution in [0.5, 0.6) is 0 Å². The summed E-state index contributed by atoms with van der Waals surface area (Å²) in [5.74, 6) is -0.0405. The highest BCUT2D eigenvalue weighted by Gasteiger charge is 2.31. The first-order chi connectivity index (χ1) is 8.97. The molecule has 1 aromatic rings. The number of rotatable bonds is 2. The summed E-state index contributed by atoms with van der Waals surface area (Å²) < 4.78 is 0. The first kappa shape index (κ1) is 14.2. The van der Waals surface area contributed by atoms with Crippen LogP contribution in [0.1, 0.15) is 43.5 Å². The summed E-state index contributed by atoms with van der Waals surface area (Å²) in [7, 11) is 0. The van der Waals surface area contributed by atoms with Crippen molar-refractivity contribution >= 4 is 23.2 Å². The Bertz CT molecular complexity index is 459. The fourth-order valence-corrected chi connectivity index (χ4v) is 2.79. The van der Waals surface area contributed by atoms with E-state index in [9.17, 15) is 4.79 Å². The molecule has 1 amide bonds. The van der Waals surface area contributed by atoms with Crippen molar-refractivity contribution in [1.29, 1.82) is 0 Å². The number of piperidine rings is 1. The molecule has 0 bridgehead atoms. The van der Waals surface area contributed by atoms with Gasteiger partial charge in [-0.1, -0.05) is 37.9 Å². The maximum Gasteiger partial charge on any atom is 0.257 e. The Hall–Kier alpha value is -1.22. The number of hydrogen-bond acceptors (Lipinski definition) is 2. The lowest BCUT2D eigenvalue weighted by Gasteiger charge is -2.39. The van der Waals surface area contributed by atoms with E-state index in [4.69, 9.17) is 17.3 Å². The molecule has 0 unspecified atom stereocenters. The molecule has 1 aromatic carbocycles. The highest BCUT2D eigenvalue weighted by Crippen LogP contribution is 2.35. The lowest BCUT2D eigenvalue weighted by molar-refractivity contribution is 0.0601. The molecule has 1 saturated heterocycles. The van der Waals surface area contributed by atoms with Crippen LogP contribution in [0.3, 0.4) is 0 Å². The number of halogens is 1. The topological polar surface area (TPSA) is 46.3 Å². The van der Waals surface area contributed by atoms with Crippen molar-refractivity contribution in [2.45, 2.75) is 33.1 Å². The highest BCUT2D eigenvalue weighted by atomic mass is 35.5. The normalized spacial score (nSPS) is 18.4. The SMILES string of the molecule is CCC1(C)CCN(C(=O)c2c(N)cccc2Cl)CC1. The van der Waals surface area contributed by atoms with Gasteiger partial charge in [-0.2, -0.15) is 0 Å². The van der Waals surface area contributed by atoms with Gasteiger partial charge in [-0.05, 0) is 30.4 Å². The van der Waals surface area contributed by atoms with Crippen LogP contribution in [-0.4, -0.2) is 23.9 Å². The van der Waals surface area contributed by atoms with Gasteiger partial charge in [-0.3, -0.25) is 4.79 Å². The molecule has 4 heteroatoms. The zero-order valence-corrected chi connectivity index (χ0v) is 12.3. The van der Waals surface area contributed by atoms with Gasteiger partial charge in [0, 0.05) is 18.8 Å². The second kappa shape index (κ2) is 5.41. The maximum absolute atomic E-state index is 12.5. The Kier molecular flexibility index (Phi) is 4.04. The van der Waals surface area contributed by atoms with Crippen molar-refractivity contribution in [3.05, 3.63) is 28.8 Å². The number of carbonyl (C=O) groups excluding carboxylic acids is 1. The van der Waals surface area contributed by atoms with Crippen LogP contribution < -0.4 is 5.73 Å². The highest BCUT2D eigenvalue weighted by molar-refractivity contribution is 6.34. The predicted molar refractivity (Wildman–Crippen MR) is 79.4 cm³/mol. The van der Waals surface area contributed by atoms with E-state index < -0.39 is 0 Å². The first-order valence-corrected chi connectivity index (χ1v) is 7.18. The molecule has 19 heavy (non-hydrogen) atoms. The van der Waals surface area contributed by atoms with Crippen molar-refractivity contribution in [2.24, 2.45) is 5.41 Å². The number of nitrogens with two attached hydrogens (primary N) is 1. The molecule has 0 spiro atoms. The smallest absolute Gasteiger partial charge is 0.257 e. The van der Waals surface area contributed by atoms with Crippen molar-refractivity contribution in [3.8, 4) is 0 Å². The minimum atomic E-state index is -0.0405. The number of anilines is 1. The average molecular weight is 281 g/mol. The molecular formula is C15H21ClN2O. The van der Waals surface area contributed by atoms with Crippen LogP contribution in [-0.2, 0) is 0 Å². The van der Waals surface area contributed by atoms with Gasteiger partial charge in [0.1, 0.15) is 0 Å². The standard InChI is InChI=1S/C15H21ClN2O/c1-3-15(2)7-9-18(10-8-15)14(19)13-11(16)5-4-6-12(13)17/h4-6H,3,7-10,17H2,1-2H3. The van der Waals surface area contributed by atoms with Gasteiger partial charge in [0.2, 0.25) is 0 Å². The molecule has 0 atom stereocenters. The molecule has 1 heterocycles. The zero-order chi connectivity index (χ0) is 14.0. The summed E-state index contributed by atoms with van der Waals surface area (Å²) in [5.41, 5.74) is 7.15. The Balaban J connectivity index is 2.14. The third-order valence-electron chi connectivity index (χ3n) is 4.37. The Morgan fingerprint density at radius 2 is 2.05 bits per heavy atom. The summed E-state index contributed by atoms with van der Waals surface area (Å²) in [4.78, 5) is 14.4. The second-order valence-electron chi connectivity index (χ2n) is 5.66. The van der Waals surface area contributed by atoms with E-state index in [1.807, 2.05) is 4.90 Å². The van der Waals surface area contributed by atoms with E-state index in [-0.39, 0.29) is 5.91 Å². The lowest BCUT2D eigenvalue weighted by atomic mass is 9.78. The van der Waals surface area contributed by atoms with Crippen molar-refractivity contribution in [3.63, 3.8) is 0 Å². The number of nitrogens with zero attached hydrogens (tertiary/aromatic N) is 1. The molecule has 1 fully saturated rings. The molecule has 1 aliphatic heterocycles. The summed E-state index contributed by atoms with van der Waals surface area (Å²) in [6.45, 7) is 6.07. The molecule has 1 aliphatic rings. The summed E-state index contributed by atoms with van der Waals surface area (Å²) >= 11 is 6.10. The summed E-state index contributed by atoms with van der Waals surface area (Å²) in [6.07, 6.45) is 3.24. The average Bonchev–Trinajstić information content (AvgIpc) is 2.39. The van der Waals surface area contributed by atoms with Gasteiger partial charge in [-0.15, -0.1) is 0 Å². The molecule has 0 radical (unpaired) electrons. The number of amides is 1. The van der Waals surface area contributed by atoms with E-state index in [0.29, 0.717) is 21.7 Å². The van der Waals surface area contributed by atoms with Crippen LogP contribution >= 0.6 is 11.6 Å². The zero-order valence-electron chi connectivity index (χ0n) is 11.6. The minimum Gasteiger partial charge on any atom is -0.398 e. The van der Waals surface area contributed by atoms with Gasteiger partial charge in [0.15, 0.2) is 0 Å². The van der Waals surface area contributed by atoms with Crippen molar-refractivity contribution in [2.75, 3.05) is 18.8 Å². The van der Waals surface area contributed by atoms with Crippen LogP contribution in [0.2, 0.25) is 5.02 Å². The van der Waals surface area contributed by atoms with Gasteiger partial charge in [0.25, 0.3) is 5.91 Å². The van der Waals surface area contributed by atoms with Crippen LogP contribution in [0.15, 0.2) is 18.2 Å². The molecule has 3 nitrogen and oxygen atoms in total. The van der Waals surface area contributed by atoms with Crippen molar-refractivity contribution < 1.29 is 4.79 Å². The molecule has 2 N–H and O–H groups in total. The van der Waals surface area contributed by atoms with Gasteiger partial charge in [-0.25, -0.2) is 0 Å². The molecule has 104 valence electrons. The maximum atomic E-state index is 12.5. The van der Waals surface area contributed by atoms with E-state index in [2.05, 4.69) is 13.8 Å². The number of likely N-dealkylation sites (tertiary alicyclic amines) is 1. The van der Waals surface area contributed by atoms with Crippen LogP contribution in [0, 0.1) is 5.41 Å². The fraction of sp³-hybridized carbons (Fsp3) is 0.533. The quantitative estimate of drug-likeness (QED) is 0.842. The number of carbonyl (C=O) groups is 1. The summed E-state index contributed by atoms with van der Waals surface area (Å²) in [6, 6.07) is 5.20. The first-order valence-electron chi connectivity index (χ1n) is 6.80. The molecule has 2 rings (SSSR count). The van der Waals surface area contributed by atoms with Gasteiger partial charge >= 0.3 is 0 Å². The van der Waals surface area contributed by atoms with E-state index in [1.54, 1.807) is 18.2 Å². The fourth-order valence-electron chi connectivity index (χ4n) is 2.53. The van der Waals surface area contributed by atoms with E-state index >= 15 is 0 Å². The van der Waals surface area contributed by atoms with E-state index in [0.717, 1.165) is 32.4 Å². The van der Waals surface area contributed by atoms with Gasteiger partial charge in [0.05, 0.1) is 10.6 Å². The number of nitrogen functional groups attached to an aromatic ring is 1. The Labute approximate surface area is 119 Å². The molecular weight excluding hydrogens is 260 g/mol. The third kappa shape index (κ3) is 2.86. The minimum absolute atomic E-state index is 0.0405. The van der Waals surface area contributed by atoms with Gasteiger partial charge < -0.3 is 10.6 Å². The monoisotopic (exact) mass is 280 g/mol. The third-order valence-corrected chi connectivity index (χ3v) is 4.69. The number of hydrogen-bond donors (Lipinski definition) is 1. The largest absolute Gasteiger partial charge is 0.398 e. The number of benzene rings is 1. The molecule has 0 saturated carbocycles. The summed E-state index contributed by atoms with van der Waals surface area (Å²) in [5, 5.41) is 0.439. The Morgan fingerprint density at radius 3 is 2.58 bits per heavy atom. The molecule has 0 aliphatic carbocycles. The van der Waals surface area contributed by atoms with Crippen molar-refractivity contribution in [1.82, 2.24) is 4.90 Å². The second-order valence-corrected chi connectivity index (χ2v) is 6.07. The van der Waals surface area contributed by atoms with Crippen LogP contribution in [0.25, 0.3) is 0 Å².